The molecule has 0 fully saturated rings. The van der Waals surface area contributed by atoms with Crippen LogP contribution in [-0.2, 0) is 13.6 Å². The van der Waals surface area contributed by atoms with Crippen molar-refractivity contribution >= 4 is 12.2 Å². The number of ether oxygens (including phenoxy) is 1. The molecule has 0 aliphatic rings. The van der Waals surface area contributed by atoms with Gasteiger partial charge >= 0.3 is 0 Å². The summed E-state index contributed by atoms with van der Waals surface area (Å²) in [7, 11) is 3.50. The van der Waals surface area contributed by atoms with Gasteiger partial charge in [0.2, 0.25) is 5.88 Å². The first-order valence-corrected chi connectivity index (χ1v) is 6.28. The zero-order chi connectivity index (χ0) is 13.3. The summed E-state index contributed by atoms with van der Waals surface area (Å²) < 4.78 is 9.73. The van der Waals surface area contributed by atoms with Crippen molar-refractivity contribution in [1.82, 2.24) is 19.3 Å². The summed E-state index contributed by atoms with van der Waals surface area (Å²) in [5.41, 5.74) is 2.12. The minimum atomic E-state index is 0.420. The Hall–Kier alpha value is -1.56. The highest BCUT2D eigenvalue weighted by atomic mass is 32.1. The molecule has 0 saturated heterocycles. The van der Waals surface area contributed by atoms with Crippen LogP contribution in [0, 0.1) is 4.77 Å². The van der Waals surface area contributed by atoms with Gasteiger partial charge in [-0.05, 0) is 18.1 Å². The first-order chi connectivity index (χ1) is 8.52. The van der Waals surface area contributed by atoms with Crippen molar-refractivity contribution in [3.8, 4) is 5.88 Å². The third kappa shape index (κ3) is 2.33. The third-order valence-electron chi connectivity index (χ3n) is 2.91. The average Bonchev–Trinajstić information content (AvgIpc) is 2.84. The fourth-order valence-electron chi connectivity index (χ4n) is 1.99. The SMILES string of the molecule is COc1cc(Cn2c(C(C)C)c[nH]c2=S)nn1C. The third-order valence-corrected chi connectivity index (χ3v) is 3.25. The maximum Gasteiger partial charge on any atom is 0.211 e. The first-order valence-electron chi connectivity index (χ1n) is 5.88. The number of aromatic nitrogens is 4. The van der Waals surface area contributed by atoms with E-state index in [1.54, 1.807) is 11.8 Å². The molecule has 0 spiro atoms. The van der Waals surface area contributed by atoms with Gasteiger partial charge in [-0.2, -0.15) is 5.10 Å². The van der Waals surface area contributed by atoms with Crippen LogP contribution >= 0.6 is 12.2 Å². The van der Waals surface area contributed by atoms with Crippen molar-refractivity contribution in [3.05, 3.63) is 28.4 Å². The normalized spacial score (nSPS) is 11.2. The Bertz CT molecular complexity index is 593. The first kappa shape index (κ1) is 12.9. The smallest absolute Gasteiger partial charge is 0.211 e. The summed E-state index contributed by atoms with van der Waals surface area (Å²) in [5, 5.41) is 4.41. The molecule has 0 bridgehead atoms. The molecule has 18 heavy (non-hydrogen) atoms. The van der Waals surface area contributed by atoms with E-state index in [4.69, 9.17) is 17.0 Å². The van der Waals surface area contributed by atoms with Crippen molar-refractivity contribution in [2.75, 3.05) is 7.11 Å². The molecule has 0 saturated carbocycles. The summed E-state index contributed by atoms with van der Waals surface area (Å²) in [5.74, 6) is 1.17. The van der Waals surface area contributed by atoms with E-state index in [1.165, 1.54) is 5.69 Å². The van der Waals surface area contributed by atoms with Gasteiger partial charge in [-0.25, -0.2) is 4.68 Å². The van der Waals surface area contributed by atoms with Gasteiger partial charge in [-0.15, -0.1) is 0 Å². The number of hydrogen-bond donors (Lipinski definition) is 1. The van der Waals surface area contributed by atoms with E-state index in [9.17, 15) is 0 Å². The number of imidazole rings is 1. The van der Waals surface area contributed by atoms with Gasteiger partial charge < -0.3 is 14.3 Å². The molecular weight excluding hydrogens is 248 g/mol. The fourth-order valence-corrected chi connectivity index (χ4v) is 2.22. The highest BCUT2D eigenvalue weighted by molar-refractivity contribution is 7.71. The van der Waals surface area contributed by atoms with Gasteiger partial charge in [-0.1, -0.05) is 13.8 Å². The minimum absolute atomic E-state index is 0.420. The van der Waals surface area contributed by atoms with E-state index in [0.29, 0.717) is 12.5 Å². The number of nitrogens with zero attached hydrogens (tertiary/aromatic N) is 3. The Morgan fingerprint density at radius 2 is 2.22 bits per heavy atom. The van der Waals surface area contributed by atoms with Gasteiger partial charge in [0.15, 0.2) is 4.77 Å². The average molecular weight is 266 g/mol. The number of H-pyrrole nitrogens is 1. The molecule has 0 aromatic carbocycles. The largest absolute Gasteiger partial charge is 0.481 e. The van der Waals surface area contributed by atoms with E-state index in [2.05, 4.69) is 28.5 Å². The number of aromatic amines is 1. The quantitative estimate of drug-likeness (QED) is 0.865. The van der Waals surface area contributed by atoms with E-state index >= 15 is 0 Å². The lowest BCUT2D eigenvalue weighted by Gasteiger charge is -2.09. The molecule has 1 N–H and O–H groups in total. The Labute approximate surface area is 111 Å². The van der Waals surface area contributed by atoms with Crippen LogP contribution in [-0.4, -0.2) is 26.4 Å². The van der Waals surface area contributed by atoms with Crippen molar-refractivity contribution in [3.63, 3.8) is 0 Å². The zero-order valence-corrected chi connectivity index (χ0v) is 11.9. The molecule has 2 aromatic rings. The van der Waals surface area contributed by atoms with Crippen molar-refractivity contribution < 1.29 is 4.74 Å². The molecule has 5 nitrogen and oxygen atoms in total. The monoisotopic (exact) mass is 266 g/mol. The summed E-state index contributed by atoms with van der Waals surface area (Å²) in [6, 6.07) is 1.93. The minimum Gasteiger partial charge on any atom is -0.481 e. The second-order valence-corrected chi connectivity index (χ2v) is 4.95. The molecule has 6 heteroatoms. The molecule has 0 atom stereocenters. The van der Waals surface area contributed by atoms with E-state index in [-0.39, 0.29) is 0 Å². The van der Waals surface area contributed by atoms with Gasteiger partial charge in [0.1, 0.15) is 0 Å². The molecule has 98 valence electrons. The van der Waals surface area contributed by atoms with Crippen molar-refractivity contribution in [2.45, 2.75) is 26.3 Å². The second kappa shape index (κ2) is 4.97. The van der Waals surface area contributed by atoms with Crippen molar-refractivity contribution in [1.29, 1.82) is 0 Å². The molecule has 0 amide bonds. The summed E-state index contributed by atoms with van der Waals surface area (Å²) in [4.78, 5) is 3.09. The van der Waals surface area contributed by atoms with Crippen LogP contribution in [0.1, 0.15) is 31.2 Å². The van der Waals surface area contributed by atoms with Crippen LogP contribution in [0.2, 0.25) is 0 Å². The molecule has 0 unspecified atom stereocenters. The summed E-state index contributed by atoms with van der Waals surface area (Å²) in [6.45, 7) is 4.95. The number of hydrogen-bond acceptors (Lipinski definition) is 3. The Kier molecular flexibility index (Phi) is 3.56. The number of methoxy groups -OCH3 is 1. The summed E-state index contributed by atoms with van der Waals surface area (Å²) >= 11 is 5.30. The predicted molar refractivity (Wildman–Crippen MR) is 72.6 cm³/mol. The van der Waals surface area contributed by atoms with Gasteiger partial charge in [0.25, 0.3) is 0 Å². The van der Waals surface area contributed by atoms with Crippen LogP contribution in [0.4, 0.5) is 0 Å². The lowest BCUT2D eigenvalue weighted by atomic mass is 10.1. The van der Waals surface area contributed by atoms with Crippen LogP contribution in [0.3, 0.4) is 0 Å². The maximum absolute atomic E-state index is 5.30. The van der Waals surface area contributed by atoms with Gasteiger partial charge in [0.05, 0.1) is 19.3 Å². The Morgan fingerprint density at radius 3 is 2.78 bits per heavy atom. The second-order valence-electron chi connectivity index (χ2n) is 4.56. The molecule has 0 aliphatic carbocycles. The van der Waals surface area contributed by atoms with Crippen LogP contribution in [0.25, 0.3) is 0 Å². The topological polar surface area (TPSA) is 47.8 Å². The molecule has 2 heterocycles. The Morgan fingerprint density at radius 1 is 1.50 bits per heavy atom. The van der Waals surface area contributed by atoms with Crippen molar-refractivity contribution in [2.24, 2.45) is 7.05 Å². The molecule has 2 aromatic heterocycles. The number of nitrogens with one attached hydrogen (secondary N) is 1. The number of aryl methyl sites for hydroxylation is 1. The predicted octanol–water partition coefficient (Wildman–Crippen LogP) is 2.46. The van der Waals surface area contributed by atoms with Crippen LogP contribution < -0.4 is 4.74 Å². The molecule has 2 rings (SSSR count). The molecule has 0 aliphatic heterocycles. The van der Waals surface area contributed by atoms with Gasteiger partial charge in [-0.3, -0.25) is 0 Å². The Balaban J connectivity index is 2.33. The zero-order valence-electron chi connectivity index (χ0n) is 11.1. The van der Waals surface area contributed by atoms with E-state index < -0.39 is 0 Å². The molecule has 0 radical (unpaired) electrons. The van der Waals surface area contributed by atoms with Crippen LogP contribution in [0.5, 0.6) is 5.88 Å². The lowest BCUT2D eigenvalue weighted by Crippen LogP contribution is -2.06. The lowest BCUT2D eigenvalue weighted by molar-refractivity contribution is 0.373. The maximum atomic E-state index is 5.30. The van der Waals surface area contributed by atoms with Crippen LogP contribution in [0.15, 0.2) is 12.3 Å². The van der Waals surface area contributed by atoms with Gasteiger partial charge in [0, 0.05) is 25.0 Å². The highest BCUT2D eigenvalue weighted by Gasteiger charge is 2.11. The highest BCUT2D eigenvalue weighted by Crippen LogP contribution is 2.18. The van der Waals surface area contributed by atoms with E-state index in [1.807, 2.05) is 19.3 Å². The summed E-state index contributed by atoms with van der Waals surface area (Å²) in [6.07, 6.45) is 1.97. The number of rotatable bonds is 4. The fraction of sp³-hybridized carbons (Fsp3) is 0.500. The standard InChI is InChI=1S/C12H18N4OS/c1-8(2)10-6-13-12(18)16(10)7-9-5-11(17-4)15(3)14-9/h5-6,8H,7H2,1-4H3,(H,13,18). The van der Waals surface area contributed by atoms with E-state index in [0.717, 1.165) is 16.3 Å². The molecular formula is C12H18N4OS.